The van der Waals surface area contributed by atoms with Crippen molar-refractivity contribution in [3.05, 3.63) is 0 Å². The van der Waals surface area contributed by atoms with E-state index in [-0.39, 0.29) is 0 Å². The van der Waals surface area contributed by atoms with E-state index in [2.05, 4.69) is 0 Å². The molecule has 0 bridgehead atoms. The molecule has 5 amide bonds. The van der Waals surface area contributed by atoms with Gasteiger partial charge in [-0.3, -0.25) is 33.6 Å². The fourth-order valence-corrected chi connectivity index (χ4v) is 2.45. The molecule has 0 rings (SSSR count). The number of aliphatic carboxylic acids is 3. The van der Waals surface area contributed by atoms with E-state index >= 15 is 0 Å². The molecule has 0 aliphatic heterocycles. The summed E-state index contributed by atoms with van der Waals surface area (Å²) in [6, 6.07) is -6.84. The van der Waals surface area contributed by atoms with Gasteiger partial charge in [-0.05, 0) is 6.42 Å². The lowest BCUT2D eigenvalue weighted by atomic mass is 10.1. The maximum atomic E-state index is 12.6. The Balaban J connectivity index is 5.56. The standard InChI is InChI=1S/C17H26N6O11/c18-6(3-10(19)24)14(30)22-8(4-11(20)25)15(31)23-9(5-13(28)29)16(32)21-7(17(33)34)1-2-12(26)27/h6-9H,1-5,18H2,(H2,19,24)(H2,20,25)(H,21,32)(H,22,30)(H,23,31)(H,26,27)(H,28,29)(H,33,34). The Morgan fingerprint density at radius 3 is 1.47 bits per heavy atom. The van der Waals surface area contributed by atoms with Crippen LogP contribution in [0.1, 0.15) is 32.1 Å². The van der Waals surface area contributed by atoms with E-state index in [0.717, 1.165) is 0 Å². The van der Waals surface area contributed by atoms with Gasteiger partial charge in [0.1, 0.15) is 18.1 Å². The van der Waals surface area contributed by atoms with Gasteiger partial charge in [-0.1, -0.05) is 0 Å². The van der Waals surface area contributed by atoms with Crippen molar-refractivity contribution in [3.8, 4) is 0 Å². The molecule has 0 aliphatic carbocycles. The summed E-state index contributed by atoms with van der Waals surface area (Å²) in [5.74, 6) is -10.2. The molecule has 17 nitrogen and oxygen atoms in total. The van der Waals surface area contributed by atoms with E-state index in [4.69, 9.17) is 32.5 Å². The molecule has 0 saturated heterocycles. The lowest BCUT2D eigenvalue weighted by molar-refractivity contribution is -0.144. The van der Waals surface area contributed by atoms with Gasteiger partial charge in [-0.15, -0.1) is 0 Å². The number of carbonyl (C=O) groups is 8. The molecule has 17 heteroatoms. The van der Waals surface area contributed by atoms with E-state index in [1.54, 1.807) is 0 Å². The molecule has 0 heterocycles. The lowest BCUT2D eigenvalue weighted by Gasteiger charge is -2.24. The van der Waals surface area contributed by atoms with Crippen LogP contribution < -0.4 is 33.2 Å². The van der Waals surface area contributed by atoms with Crippen LogP contribution in [0.4, 0.5) is 0 Å². The van der Waals surface area contributed by atoms with Crippen molar-refractivity contribution in [2.24, 2.45) is 17.2 Å². The third-order valence-electron chi connectivity index (χ3n) is 4.07. The van der Waals surface area contributed by atoms with E-state index in [9.17, 15) is 38.4 Å². The monoisotopic (exact) mass is 490 g/mol. The Labute approximate surface area is 191 Å². The zero-order chi connectivity index (χ0) is 26.6. The molecular formula is C17H26N6O11. The summed E-state index contributed by atoms with van der Waals surface area (Å²) >= 11 is 0. The number of hydrogen-bond donors (Lipinski definition) is 9. The molecule has 0 saturated carbocycles. The molecule has 0 radical (unpaired) electrons. The summed E-state index contributed by atoms with van der Waals surface area (Å²) in [7, 11) is 0. The molecule has 0 spiro atoms. The predicted octanol–water partition coefficient (Wildman–Crippen LogP) is -5.06. The average molecular weight is 490 g/mol. The maximum Gasteiger partial charge on any atom is 0.326 e. The second-order valence-electron chi connectivity index (χ2n) is 7.00. The van der Waals surface area contributed by atoms with Crippen molar-refractivity contribution >= 4 is 47.4 Å². The molecule has 12 N–H and O–H groups in total. The normalized spacial score (nSPS) is 13.9. The molecular weight excluding hydrogens is 464 g/mol. The second-order valence-corrected chi connectivity index (χ2v) is 7.00. The number of carboxylic acid groups (broad SMARTS) is 3. The van der Waals surface area contributed by atoms with Gasteiger partial charge in [-0.25, -0.2) is 4.79 Å². The van der Waals surface area contributed by atoms with E-state index in [1.165, 1.54) is 0 Å². The van der Waals surface area contributed by atoms with Gasteiger partial charge >= 0.3 is 17.9 Å². The Morgan fingerprint density at radius 2 is 1.06 bits per heavy atom. The zero-order valence-electron chi connectivity index (χ0n) is 17.7. The number of carboxylic acids is 3. The van der Waals surface area contributed by atoms with E-state index in [0.29, 0.717) is 0 Å². The minimum atomic E-state index is -1.89. The Morgan fingerprint density at radius 1 is 0.618 bits per heavy atom. The summed E-state index contributed by atoms with van der Waals surface area (Å²) in [6.45, 7) is 0. The van der Waals surface area contributed by atoms with Crippen LogP contribution in [-0.2, 0) is 38.4 Å². The van der Waals surface area contributed by atoms with E-state index in [1.807, 2.05) is 16.0 Å². The zero-order valence-corrected chi connectivity index (χ0v) is 17.7. The SMILES string of the molecule is NC(=O)CC(N)C(=O)NC(CC(N)=O)C(=O)NC(CC(=O)O)C(=O)NC(CCC(=O)O)C(=O)O. The Bertz CT molecular complexity index is 846. The van der Waals surface area contributed by atoms with Crippen LogP contribution in [0.3, 0.4) is 0 Å². The number of nitrogens with two attached hydrogens (primary N) is 3. The van der Waals surface area contributed by atoms with Gasteiger partial charge in [-0.2, -0.15) is 0 Å². The number of nitrogens with one attached hydrogen (secondary N) is 3. The van der Waals surface area contributed by atoms with Crippen LogP contribution >= 0.6 is 0 Å². The first kappa shape index (κ1) is 29.7. The minimum absolute atomic E-state index is 0.539. The highest BCUT2D eigenvalue weighted by Crippen LogP contribution is 2.03. The van der Waals surface area contributed by atoms with E-state index < -0.39 is 104 Å². The quantitative estimate of drug-likeness (QED) is 0.0981. The fraction of sp³-hybridized carbons (Fsp3) is 0.529. The first-order chi connectivity index (χ1) is 15.6. The van der Waals surface area contributed by atoms with Crippen LogP contribution in [0.25, 0.3) is 0 Å². The van der Waals surface area contributed by atoms with Crippen LogP contribution in [0.5, 0.6) is 0 Å². The van der Waals surface area contributed by atoms with Crippen LogP contribution in [-0.4, -0.2) is 86.9 Å². The highest BCUT2D eigenvalue weighted by molar-refractivity contribution is 5.97. The molecule has 4 unspecified atom stereocenters. The van der Waals surface area contributed by atoms with Gasteiger partial charge in [0.2, 0.25) is 29.5 Å². The van der Waals surface area contributed by atoms with Gasteiger partial charge < -0.3 is 48.5 Å². The van der Waals surface area contributed by atoms with Crippen molar-refractivity contribution in [2.75, 3.05) is 0 Å². The molecule has 0 aromatic carbocycles. The summed E-state index contributed by atoms with van der Waals surface area (Å²) in [6.07, 6.45) is -3.62. The molecule has 190 valence electrons. The number of amides is 5. The molecule has 0 fully saturated rings. The summed E-state index contributed by atoms with van der Waals surface area (Å²) in [5, 5.41) is 32.7. The summed E-state index contributed by atoms with van der Waals surface area (Å²) in [5.41, 5.74) is 15.4. The molecule has 0 aromatic rings. The number of carbonyl (C=O) groups excluding carboxylic acids is 5. The largest absolute Gasteiger partial charge is 0.481 e. The minimum Gasteiger partial charge on any atom is -0.481 e. The molecule has 0 aliphatic rings. The second kappa shape index (κ2) is 14.0. The molecule has 4 atom stereocenters. The Hall–Kier alpha value is -4.28. The lowest BCUT2D eigenvalue weighted by Crippen LogP contribution is -2.58. The van der Waals surface area contributed by atoms with Gasteiger partial charge in [0.05, 0.1) is 25.3 Å². The van der Waals surface area contributed by atoms with Gasteiger partial charge in [0, 0.05) is 6.42 Å². The van der Waals surface area contributed by atoms with Crippen molar-refractivity contribution in [2.45, 2.75) is 56.3 Å². The topological polar surface area (TPSA) is 311 Å². The van der Waals surface area contributed by atoms with Crippen LogP contribution in [0.2, 0.25) is 0 Å². The molecule has 0 aromatic heterocycles. The summed E-state index contributed by atoms with van der Waals surface area (Å²) < 4.78 is 0. The van der Waals surface area contributed by atoms with Gasteiger partial charge in [0.25, 0.3) is 0 Å². The first-order valence-electron chi connectivity index (χ1n) is 9.53. The number of rotatable bonds is 16. The van der Waals surface area contributed by atoms with Crippen molar-refractivity contribution in [3.63, 3.8) is 0 Å². The smallest absolute Gasteiger partial charge is 0.326 e. The van der Waals surface area contributed by atoms with Crippen LogP contribution in [0, 0.1) is 0 Å². The first-order valence-corrected chi connectivity index (χ1v) is 9.53. The van der Waals surface area contributed by atoms with Crippen LogP contribution in [0.15, 0.2) is 0 Å². The average Bonchev–Trinajstić information content (AvgIpc) is 2.68. The van der Waals surface area contributed by atoms with Crippen molar-refractivity contribution < 1.29 is 53.7 Å². The summed E-state index contributed by atoms with van der Waals surface area (Å²) in [4.78, 5) is 92.2. The maximum absolute atomic E-state index is 12.6. The molecule has 34 heavy (non-hydrogen) atoms. The number of primary amides is 2. The highest BCUT2D eigenvalue weighted by Gasteiger charge is 2.32. The van der Waals surface area contributed by atoms with Crippen molar-refractivity contribution in [1.29, 1.82) is 0 Å². The third kappa shape index (κ3) is 11.9. The third-order valence-corrected chi connectivity index (χ3v) is 4.07. The Kier molecular flexibility index (Phi) is 12.2. The predicted molar refractivity (Wildman–Crippen MR) is 108 cm³/mol. The van der Waals surface area contributed by atoms with Gasteiger partial charge in [0.15, 0.2) is 0 Å². The number of hydrogen-bond acceptors (Lipinski definition) is 9. The highest BCUT2D eigenvalue weighted by atomic mass is 16.4. The van der Waals surface area contributed by atoms with Crippen molar-refractivity contribution in [1.82, 2.24) is 16.0 Å². The fourth-order valence-electron chi connectivity index (χ4n) is 2.45.